The highest BCUT2D eigenvalue weighted by molar-refractivity contribution is 7.87. The van der Waals surface area contributed by atoms with Gasteiger partial charge in [-0.05, 0) is 30.7 Å². The average molecular weight is 342 g/mol. The van der Waals surface area contributed by atoms with E-state index in [-0.39, 0.29) is 5.75 Å². The van der Waals surface area contributed by atoms with Gasteiger partial charge in [0.2, 0.25) is 0 Å². The van der Waals surface area contributed by atoms with E-state index in [0.29, 0.717) is 17.9 Å². The van der Waals surface area contributed by atoms with Gasteiger partial charge in [0.1, 0.15) is 5.75 Å². The first-order chi connectivity index (χ1) is 11.0. The van der Waals surface area contributed by atoms with Gasteiger partial charge < -0.3 is 9.92 Å². The molecule has 0 fully saturated rings. The van der Waals surface area contributed by atoms with Crippen LogP contribution in [0, 0.1) is 0 Å². The Kier molecular flexibility index (Phi) is 9.76. The highest BCUT2D eigenvalue weighted by atomic mass is 32.2. The minimum Gasteiger partial charge on any atom is -0.399 e. The molecule has 1 aromatic rings. The molecule has 132 valence electrons. The summed E-state index contributed by atoms with van der Waals surface area (Å²) in [6, 6.07) is 6.41. The van der Waals surface area contributed by atoms with E-state index in [1.54, 1.807) is 24.3 Å². The van der Waals surface area contributed by atoms with Gasteiger partial charge in [0, 0.05) is 5.69 Å². The molecule has 0 atom stereocenters. The first-order valence-corrected chi connectivity index (χ1v) is 10.4. The monoisotopic (exact) mass is 341 g/mol. The quantitative estimate of drug-likeness (QED) is 0.315. The molecular weight excluding hydrogens is 310 g/mol. The highest BCUT2D eigenvalue weighted by Gasteiger charge is 2.12. The maximum Gasteiger partial charge on any atom is 0.309 e. The molecule has 0 unspecified atom stereocenters. The van der Waals surface area contributed by atoms with E-state index in [1.807, 2.05) is 0 Å². The SMILES string of the molecule is CCCCCCCCCCCCS(=O)(=O)Oc1ccc(N)cc1. The third-order valence-corrected chi connectivity index (χ3v) is 5.09. The van der Waals surface area contributed by atoms with E-state index in [4.69, 9.17) is 9.92 Å². The number of hydrogen-bond acceptors (Lipinski definition) is 4. The zero-order valence-electron chi connectivity index (χ0n) is 14.3. The van der Waals surface area contributed by atoms with Crippen molar-refractivity contribution in [1.29, 1.82) is 0 Å². The summed E-state index contributed by atoms with van der Waals surface area (Å²) in [6.07, 6.45) is 11.8. The average Bonchev–Trinajstić information content (AvgIpc) is 2.51. The molecule has 0 aromatic heterocycles. The summed E-state index contributed by atoms with van der Waals surface area (Å²) < 4.78 is 28.8. The van der Waals surface area contributed by atoms with E-state index < -0.39 is 10.1 Å². The normalized spacial score (nSPS) is 11.5. The molecule has 5 heteroatoms. The van der Waals surface area contributed by atoms with Crippen molar-refractivity contribution in [3.05, 3.63) is 24.3 Å². The fourth-order valence-electron chi connectivity index (χ4n) is 2.48. The Balaban J connectivity index is 2.06. The van der Waals surface area contributed by atoms with Gasteiger partial charge in [0.05, 0.1) is 5.75 Å². The number of anilines is 1. The van der Waals surface area contributed by atoms with Crippen molar-refractivity contribution in [2.24, 2.45) is 0 Å². The van der Waals surface area contributed by atoms with Gasteiger partial charge >= 0.3 is 10.1 Å². The van der Waals surface area contributed by atoms with Crippen LogP contribution in [0.15, 0.2) is 24.3 Å². The lowest BCUT2D eigenvalue weighted by Gasteiger charge is -2.07. The molecule has 0 spiro atoms. The molecular formula is C18H31NO3S. The Morgan fingerprint density at radius 2 is 1.30 bits per heavy atom. The molecule has 1 rings (SSSR count). The molecule has 0 amide bonds. The standard InChI is InChI=1S/C18H31NO3S/c1-2-3-4-5-6-7-8-9-10-11-16-23(20,21)22-18-14-12-17(19)13-15-18/h12-15H,2-11,16,19H2,1H3. The molecule has 0 aliphatic rings. The number of unbranched alkanes of at least 4 members (excludes halogenated alkanes) is 9. The summed E-state index contributed by atoms with van der Waals surface area (Å²) in [6.45, 7) is 2.23. The molecule has 0 bridgehead atoms. The second-order valence-corrected chi connectivity index (χ2v) is 7.79. The van der Waals surface area contributed by atoms with Gasteiger partial charge in [-0.3, -0.25) is 0 Å². The van der Waals surface area contributed by atoms with Gasteiger partial charge in [-0.1, -0.05) is 64.7 Å². The number of hydrogen-bond donors (Lipinski definition) is 1. The zero-order valence-corrected chi connectivity index (χ0v) is 15.1. The van der Waals surface area contributed by atoms with Crippen LogP contribution in [0.1, 0.15) is 71.1 Å². The number of rotatable bonds is 13. The summed E-state index contributed by atoms with van der Waals surface area (Å²) in [5.41, 5.74) is 6.14. The van der Waals surface area contributed by atoms with Crippen LogP contribution in [0.25, 0.3) is 0 Å². The van der Waals surface area contributed by atoms with Crippen LogP contribution in [-0.4, -0.2) is 14.2 Å². The molecule has 23 heavy (non-hydrogen) atoms. The van der Waals surface area contributed by atoms with E-state index in [1.165, 1.54) is 44.9 Å². The van der Waals surface area contributed by atoms with E-state index >= 15 is 0 Å². The van der Waals surface area contributed by atoms with Crippen LogP contribution < -0.4 is 9.92 Å². The van der Waals surface area contributed by atoms with Crippen molar-refractivity contribution < 1.29 is 12.6 Å². The zero-order chi connectivity index (χ0) is 17.0. The maximum absolute atomic E-state index is 11.9. The molecule has 0 aliphatic carbocycles. The topological polar surface area (TPSA) is 69.4 Å². The van der Waals surface area contributed by atoms with Crippen LogP contribution >= 0.6 is 0 Å². The molecule has 0 saturated heterocycles. The van der Waals surface area contributed by atoms with Gasteiger partial charge in [0.15, 0.2) is 0 Å². The van der Waals surface area contributed by atoms with Crippen molar-refractivity contribution in [2.75, 3.05) is 11.5 Å². The van der Waals surface area contributed by atoms with E-state index in [9.17, 15) is 8.42 Å². The minimum absolute atomic E-state index is 0.0773. The van der Waals surface area contributed by atoms with Crippen LogP contribution in [0.2, 0.25) is 0 Å². The molecule has 2 N–H and O–H groups in total. The van der Waals surface area contributed by atoms with Crippen LogP contribution in [0.4, 0.5) is 5.69 Å². The Hall–Kier alpha value is -1.23. The summed E-state index contributed by atoms with van der Waals surface area (Å²) in [7, 11) is -3.50. The first-order valence-electron chi connectivity index (χ1n) is 8.81. The smallest absolute Gasteiger partial charge is 0.309 e. The number of nitrogen functional groups attached to an aromatic ring is 1. The van der Waals surface area contributed by atoms with Crippen molar-refractivity contribution in [1.82, 2.24) is 0 Å². The van der Waals surface area contributed by atoms with Crippen molar-refractivity contribution in [3.63, 3.8) is 0 Å². The second-order valence-electron chi connectivity index (χ2n) is 6.10. The second kappa shape index (κ2) is 11.3. The van der Waals surface area contributed by atoms with Crippen molar-refractivity contribution in [3.8, 4) is 5.75 Å². The fourth-order valence-corrected chi connectivity index (χ4v) is 3.52. The largest absolute Gasteiger partial charge is 0.399 e. The predicted molar refractivity (Wildman–Crippen MR) is 97.1 cm³/mol. The van der Waals surface area contributed by atoms with Gasteiger partial charge in [-0.25, -0.2) is 0 Å². The number of benzene rings is 1. The summed E-state index contributed by atoms with van der Waals surface area (Å²) in [5.74, 6) is 0.403. The highest BCUT2D eigenvalue weighted by Crippen LogP contribution is 2.16. The first kappa shape index (κ1) is 19.8. The Morgan fingerprint density at radius 3 is 1.83 bits per heavy atom. The van der Waals surface area contributed by atoms with Gasteiger partial charge in [-0.2, -0.15) is 8.42 Å². The van der Waals surface area contributed by atoms with Crippen LogP contribution in [-0.2, 0) is 10.1 Å². The lowest BCUT2D eigenvalue weighted by Crippen LogP contribution is -2.13. The fraction of sp³-hybridized carbons (Fsp3) is 0.667. The molecule has 1 aromatic carbocycles. The Labute approximate surface area is 141 Å². The molecule has 4 nitrogen and oxygen atoms in total. The van der Waals surface area contributed by atoms with E-state index in [2.05, 4.69) is 6.92 Å². The third kappa shape index (κ3) is 10.2. The van der Waals surface area contributed by atoms with Gasteiger partial charge in [-0.15, -0.1) is 0 Å². The molecule has 0 aliphatic heterocycles. The lowest BCUT2D eigenvalue weighted by atomic mass is 10.1. The maximum atomic E-state index is 11.9. The summed E-state index contributed by atoms with van der Waals surface area (Å²) >= 11 is 0. The third-order valence-electron chi connectivity index (χ3n) is 3.85. The van der Waals surface area contributed by atoms with Crippen LogP contribution in [0.5, 0.6) is 5.75 Å². The minimum atomic E-state index is -3.50. The van der Waals surface area contributed by atoms with Crippen molar-refractivity contribution in [2.45, 2.75) is 71.1 Å². The van der Waals surface area contributed by atoms with E-state index in [0.717, 1.165) is 12.8 Å². The Morgan fingerprint density at radius 1 is 0.826 bits per heavy atom. The number of nitrogens with two attached hydrogens (primary N) is 1. The molecule has 0 saturated carbocycles. The van der Waals surface area contributed by atoms with Crippen molar-refractivity contribution >= 4 is 15.8 Å². The summed E-state index contributed by atoms with van der Waals surface area (Å²) in [4.78, 5) is 0. The Bertz CT molecular complexity index is 512. The molecule has 0 radical (unpaired) electrons. The van der Waals surface area contributed by atoms with Gasteiger partial charge in [0.25, 0.3) is 0 Å². The summed E-state index contributed by atoms with van der Waals surface area (Å²) in [5, 5.41) is 0. The predicted octanol–water partition coefficient (Wildman–Crippen LogP) is 4.90. The lowest BCUT2D eigenvalue weighted by molar-refractivity contribution is 0.481. The van der Waals surface area contributed by atoms with Crippen LogP contribution in [0.3, 0.4) is 0 Å². The molecule has 0 heterocycles.